The van der Waals surface area contributed by atoms with Crippen LogP contribution in [-0.2, 0) is 11.4 Å². The molecule has 0 saturated heterocycles. The summed E-state index contributed by atoms with van der Waals surface area (Å²) in [4.78, 5) is 29.3. The summed E-state index contributed by atoms with van der Waals surface area (Å²) in [6, 6.07) is 15.3. The number of anilines is 1. The number of carbonyl (C=O) groups excluding carboxylic acids is 1. The van der Waals surface area contributed by atoms with E-state index >= 15 is 0 Å². The molecule has 1 N–H and O–H groups in total. The maximum absolute atomic E-state index is 12.2. The molecule has 164 valence electrons. The Balaban J connectivity index is 1.33. The SMILES string of the molecule is COc1ccc(OCC(=O)Nc2cccc(OCc3cc(=O)n4nc(C)sc4n3)c2)cc1. The number of nitrogens with one attached hydrogen (secondary N) is 1. The van der Waals surface area contributed by atoms with Crippen LogP contribution in [0.5, 0.6) is 17.2 Å². The van der Waals surface area contributed by atoms with Crippen molar-refractivity contribution in [3.8, 4) is 17.2 Å². The molecule has 2 aromatic heterocycles. The van der Waals surface area contributed by atoms with Gasteiger partial charge in [0.05, 0.1) is 12.8 Å². The minimum absolute atomic E-state index is 0.112. The van der Waals surface area contributed by atoms with E-state index < -0.39 is 0 Å². The minimum Gasteiger partial charge on any atom is -0.497 e. The lowest BCUT2D eigenvalue weighted by atomic mass is 10.3. The molecular formula is C22H20N4O5S. The number of amides is 1. The Kier molecular flexibility index (Phi) is 6.31. The number of aryl methyl sites for hydroxylation is 1. The molecule has 10 heteroatoms. The lowest BCUT2D eigenvalue weighted by molar-refractivity contribution is -0.118. The predicted molar refractivity (Wildman–Crippen MR) is 120 cm³/mol. The van der Waals surface area contributed by atoms with Crippen molar-refractivity contribution in [3.05, 3.63) is 75.7 Å². The van der Waals surface area contributed by atoms with Gasteiger partial charge in [-0.2, -0.15) is 9.61 Å². The summed E-state index contributed by atoms with van der Waals surface area (Å²) in [5.74, 6) is 1.50. The third-order valence-corrected chi connectivity index (χ3v) is 5.16. The molecule has 0 unspecified atom stereocenters. The topological polar surface area (TPSA) is 104 Å². The smallest absolute Gasteiger partial charge is 0.275 e. The fourth-order valence-corrected chi connectivity index (χ4v) is 3.63. The number of methoxy groups -OCH3 is 1. The Labute approximate surface area is 187 Å². The van der Waals surface area contributed by atoms with Crippen LogP contribution in [0, 0.1) is 6.92 Å². The zero-order valence-electron chi connectivity index (χ0n) is 17.4. The minimum atomic E-state index is -0.307. The van der Waals surface area contributed by atoms with E-state index in [1.807, 2.05) is 6.92 Å². The summed E-state index contributed by atoms with van der Waals surface area (Å²) >= 11 is 1.34. The Morgan fingerprint density at radius 1 is 1.06 bits per heavy atom. The average Bonchev–Trinajstić information content (AvgIpc) is 3.18. The molecule has 4 rings (SSSR count). The first-order valence-electron chi connectivity index (χ1n) is 9.66. The number of benzene rings is 2. The van der Waals surface area contributed by atoms with Gasteiger partial charge in [0.25, 0.3) is 11.5 Å². The molecule has 0 radical (unpaired) electrons. The van der Waals surface area contributed by atoms with E-state index in [-0.39, 0.29) is 24.7 Å². The van der Waals surface area contributed by atoms with Crippen LogP contribution in [0.15, 0.2) is 59.4 Å². The van der Waals surface area contributed by atoms with Crippen molar-refractivity contribution in [2.75, 3.05) is 19.0 Å². The summed E-state index contributed by atoms with van der Waals surface area (Å²) in [6.45, 7) is 1.79. The van der Waals surface area contributed by atoms with Gasteiger partial charge < -0.3 is 19.5 Å². The Hall–Kier alpha value is -3.92. The van der Waals surface area contributed by atoms with Gasteiger partial charge in [-0.25, -0.2) is 4.98 Å². The Morgan fingerprint density at radius 3 is 2.62 bits per heavy atom. The maximum Gasteiger partial charge on any atom is 0.275 e. The molecular weight excluding hydrogens is 432 g/mol. The van der Waals surface area contributed by atoms with Crippen LogP contribution < -0.4 is 25.1 Å². The second kappa shape index (κ2) is 9.48. The fraction of sp³-hybridized carbons (Fsp3) is 0.182. The number of rotatable bonds is 8. The second-order valence-corrected chi connectivity index (χ2v) is 7.89. The summed E-state index contributed by atoms with van der Waals surface area (Å²) in [7, 11) is 1.58. The van der Waals surface area contributed by atoms with Crippen LogP contribution in [-0.4, -0.2) is 34.2 Å². The molecule has 2 aromatic carbocycles. The fourth-order valence-electron chi connectivity index (χ4n) is 2.86. The van der Waals surface area contributed by atoms with E-state index in [2.05, 4.69) is 15.4 Å². The zero-order chi connectivity index (χ0) is 22.5. The molecule has 0 atom stereocenters. The van der Waals surface area contributed by atoms with Crippen LogP contribution in [0.2, 0.25) is 0 Å². The molecule has 0 saturated carbocycles. The van der Waals surface area contributed by atoms with E-state index in [9.17, 15) is 9.59 Å². The summed E-state index contributed by atoms with van der Waals surface area (Å²) in [5.41, 5.74) is 0.809. The molecule has 4 aromatic rings. The van der Waals surface area contributed by atoms with Gasteiger partial charge in [0.15, 0.2) is 6.61 Å². The normalized spacial score (nSPS) is 10.7. The van der Waals surface area contributed by atoms with Gasteiger partial charge in [0.1, 0.15) is 28.9 Å². The standard InChI is InChI=1S/C22H20N4O5S/c1-14-25-26-21(28)11-16(24-22(26)32-14)12-30-19-5-3-4-15(10-19)23-20(27)13-31-18-8-6-17(29-2)7-9-18/h3-11H,12-13H2,1-2H3,(H,23,27). The number of nitrogens with zero attached hydrogens (tertiary/aromatic N) is 3. The van der Waals surface area contributed by atoms with Crippen LogP contribution in [0.25, 0.3) is 4.96 Å². The monoisotopic (exact) mass is 452 g/mol. The number of ether oxygens (including phenoxy) is 3. The van der Waals surface area contributed by atoms with Gasteiger partial charge in [-0.05, 0) is 43.3 Å². The largest absolute Gasteiger partial charge is 0.497 e. The number of fused-ring (bicyclic) bond motifs is 1. The van der Waals surface area contributed by atoms with E-state index in [1.54, 1.807) is 55.6 Å². The quantitative estimate of drug-likeness (QED) is 0.438. The first kappa shape index (κ1) is 21.3. The average molecular weight is 452 g/mol. The second-order valence-electron chi connectivity index (χ2n) is 6.73. The van der Waals surface area contributed by atoms with Crippen molar-refractivity contribution in [2.24, 2.45) is 0 Å². The maximum atomic E-state index is 12.2. The van der Waals surface area contributed by atoms with E-state index in [4.69, 9.17) is 14.2 Å². The summed E-state index contributed by atoms with van der Waals surface area (Å²) in [5, 5.41) is 7.64. The molecule has 9 nitrogen and oxygen atoms in total. The molecule has 0 spiro atoms. The van der Waals surface area contributed by atoms with Gasteiger partial charge in [0, 0.05) is 17.8 Å². The van der Waals surface area contributed by atoms with Crippen molar-refractivity contribution >= 4 is 27.9 Å². The van der Waals surface area contributed by atoms with Gasteiger partial charge in [0.2, 0.25) is 4.96 Å². The van der Waals surface area contributed by atoms with E-state index in [1.165, 1.54) is 21.9 Å². The van der Waals surface area contributed by atoms with Crippen LogP contribution in [0.1, 0.15) is 10.7 Å². The highest BCUT2D eigenvalue weighted by molar-refractivity contribution is 7.16. The van der Waals surface area contributed by atoms with E-state index in [0.29, 0.717) is 33.6 Å². The third-order valence-electron chi connectivity index (χ3n) is 4.33. The van der Waals surface area contributed by atoms with Gasteiger partial charge in [-0.15, -0.1) is 0 Å². The Bertz CT molecular complexity index is 1300. The third kappa shape index (κ3) is 5.22. The summed E-state index contributed by atoms with van der Waals surface area (Å²) in [6.07, 6.45) is 0. The Morgan fingerprint density at radius 2 is 1.84 bits per heavy atom. The summed E-state index contributed by atoms with van der Waals surface area (Å²) < 4.78 is 17.6. The molecule has 0 aliphatic rings. The zero-order valence-corrected chi connectivity index (χ0v) is 18.2. The first-order valence-corrected chi connectivity index (χ1v) is 10.5. The van der Waals surface area contributed by atoms with Crippen molar-refractivity contribution in [1.82, 2.24) is 14.6 Å². The molecule has 0 fully saturated rings. The van der Waals surface area contributed by atoms with Gasteiger partial charge in [-0.1, -0.05) is 17.4 Å². The highest BCUT2D eigenvalue weighted by Gasteiger charge is 2.09. The van der Waals surface area contributed by atoms with Crippen molar-refractivity contribution < 1.29 is 19.0 Å². The van der Waals surface area contributed by atoms with E-state index in [0.717, 1.165) is 5.01 Å². The number of hydrogen-bond acceptors (Lipinski definition) is 8. The van der Waals surface area contributed by atoms with Crippen LogP contribution >= 0.6 is 11.3 Å². The van der Waals surface area contributed by atoms with Crippen LogP contribution in [0.4, 0.5) is 5.69 Å². The van der Waals surface area contributed by atoms with Gasteiger partial charge >= 0.3 is 0 Å². The van der Waals surface area contributed by atoms with Gasteiger partial charge in [-0.3, -0.25) is 9.59 Å². The van der Waals surface area contributed by atoms with Crippen molar-refractivity contribution in [3.63, 3.8) is 0 Å². The highest BCUT2D eigenvalue weighted by Crippen LogP contribution is 2.20. The number of carbonyl (C=O) groups is 1. The molecule has 2 heterocycles. The molecule has 0 aliphatic carbocycles. The lowest BCUT2D eigenvalue weighted by Crippen LogP contribution is -2.20. The molecule has 0 aliphatic heterocycles. The van der Waals surface area contributed by atoms with Crippen molar-refractivity contribution in [2.45, 2.75) is 13.5 Å². The van der Waals surface area contributed by atoms with Crippen molar-refractivity contribution in [1.29, 1.82) is 0 Å². The molecule has 32 heavy (non-hydrogen) atoms. The lowest BCUT2D eigenvalue weighted by Gasteiger charge is -2.10. The predicted octanol–water partition coefficient (Wildman–Crippen LogP) is 3.06. The molecule has 0 bridgehead atoms. The number of aromatic nitrogens is 3. The van der Waals surface area contributed by atoms with Crippen LogP contribution in [0.3, 0.4) is 0 Å². The first-order chi connectivity index (χ1) is 15.5. The number of hydrogen-bond donors (Lipinski definition) is 1. The highest BCUT2D eigenvalue weighted by atomic mass is 32.1. The molecule has 1 amide bonds.